The van der Waals surface area contributed by atoms with E-state index in [9.17, 15) is 27.1 Å². The van der Waals surface area contributed by atoms with E-state index in [-0.39, 0.29) is 29.3 Å². The summed E-state index contributed by atoms with van der Waals surface area (Å²) in [5.74, 6) is -2.70. The van der Waals surface area contributed by atoms with E-state index in [2.05, 4.69) is 15.6 Å². The number of rotatable bonds is 8. The first-order valence-electron chi connectivity index (χ1n) is 13.4. The molecule has 2 saturated carbocycles. The van der Waals surface area contributed by atoms with Crippen LogP contribution in [0.3, 0.4) is 0 Å². The summed E-state index contributed by atoms with van der Waals surface area (Å²) in [5, 5.41) is 14.4. The highest BCUT2D eigenvalue weighted by Crippen LogP contribution is 2.54. The number of carbonyl (C=O) groups is 1. The Hall–Kier alpha value is -2.86. The number of aliphatic hydroxyl groups excluding tert-OH is 1. The maximum absolute atomic E-state index is 13.7. The van der Waals surface area contributed by atoms with Crippen LogP contribution in [0.25, 0.3) is 0 Å². The largest absolute Gasteiger partial charge is 0.394 e. The Kier molecular flexibility index (Phi) is 7.07. The van der Waals surface area contributed by atoms with Gasteiger partial charge in [0.2, 0.25) is 5.92 Å². The molecule has 1 aromatic heterocycles. The van der Waals surface area contributed by atoms with Gasteiger partial charge in [-0.05, 0) is 69.6 Å². The molecule has 2 aliphatic carbocycles. The maximum Gasteiger partial charge on any atom is 0.278 e. The van der Waals surface area contributed by atoms with Gasteiger partial charge < -0.3 is 20.6 Å². The van der Waals surface area contributed by atoms with Crippen molar-refractivity contribution in [3.05, 3.63) is 36.2 Å². The van der Waals surface area contributed by atoms with Crippen LogP contribution in [0.1, 0.15) is 69.3 Å². The fourth-order valence-corrected chi connectivity index (χ4v) is 7.22. The van der Waals surface area contributed by atoms with E-state index in [1.165, 1.54) is 37.2 Å². The summed E-state index contributed by atoms with van der Waals surface area (Å²) in [5.41, 5.74) is 0.0804. The number of nitrogens with zero attached hydrogens (tertiary/aromatic N) is 3. The van der Waals surface area contributed by atoms with Gasteiger partial charge >= 0.3 is 0 Å². The first-order valence-corrected chi connectivity index (χ1v) is 14.9. The van der Waals surface area contributed by atoms with Gasteiger partial charge in [-0.3, -0.25) is 4.79 Å². The molecular formula is C27H35F2N5O4S. The van der Waals surface area contributed by atoms with Gasteiger partial charge in [0.25, 0.3) is 5.91 Å². The van der Waals surface area contributed by atoms with E-state index >= 15 is 0 Å². The molecule has 1 amide bonds. The number of alkyl halides is 2. The van der Waals surface area contributed by atoms with E-state index in [0.29, 0.717) is 17.1 Å². The molecule has 39 heavy (non-hydrogen) atoms. The number of piperidine rings is 1. The van der Waals surface area contributed by atoms with E-state index in [1.54, 1.807) is 6.07 Å². The highest BCUT2D eigenvalue weighted by molar-refractivity contribution is 7.92. The number of hydrogen-bond donors (Lipinski definition) is 3. The Morgan fingerprint density at radius 2 is 1.90 bits per heavy atom. The van der Waals surface area contributed by atoms with Gasteiger partial charge in [0, 0.05) is 31.6 Å². The standard InChI is InChI=1S/C27H35F2N5O4S/c1-25(2,17-35)33-21-16-30-22(23(32-21)34-12-10-26(8-9-26)11-13-34)24(36)31-18-4-3-5-19(14-18)39(37,38)20-6-7-27(28,29)15-20/h3-5,14,16,20,35H,6-13,15,17H2,1-2H3,(H,31,36)(H,32,33). The van der Waals surface area contributed by atoms with Crippen molar-refractivity contribution in [3.63, 3.8) is 0 Å². The third-order valence-electron chi connectivity index (χ3n) is 8.13. The minimum Gasteiger partial charge on any atom is -0.394 e. The number of hydrogen-bond acceptors (Lipinski definition) is 8. The first-order chi connectivity index (χ1) is 18.3. The predicted molar refractivity (Wildman–Crippen MR) is 144 cm³/mol. The third kappa shape index (κ3) is 6.01. The lowest BCUT2D eigenvalue weighted by Crippen LogP contribution is -2.38. The second kappa shape index (κ2) is 9.96. The SMILES string of the molecule is CC(C)(CO)Nc1cnc(C(=O)Nc2cccc(S(=O)(=O)C3CCC(F)(F)C3)c2)c(N2CCC3(CC2)CC3)n1. The van der Waals surface area contributed by atoms with Crippen molar-refractivity contribution >= 4 is 33.1 Å². The zero-order chi connectivity index (χ0) is 28.1. The van der Waals surface area contributed by atoms with Gasteiger partial charge in [0.1, 0.15) is 5.82 Å². The van der Waals surface area contributed by atoms with Crippen LogP contribution in [0, 0.1) is 5.41 Å². The molecule has 1 aromatic carbocycles. The summed E-state index contributed by atoms with van der Waals surface area (Å²) in [7, 11) is -3.98. The molecule has 1 spiro atoms. The van der Waals surface area contributed by atoms with Crippen LogP contribution in [-0.4, -0.2) is 65.8 Å². The summed E-state index contributed by atoms with van der Waals surface area (Å²) in [4.78, 5) is 24.5. The van der Waals surface area contributed by atoms with Crippen molar-refractivity contribution in [2.75, 3.05) is 35.2 Å². The van der Waals surface area contributed by atoms with E-state index in [4.69, 9.17) is 4.98 Å². The van der Waals surface area contributed by atoms with Crippen LogP contribution in [0.5, 0.6) is 0 Å². The summed E-state index contributed by atoms with van der Waals surface area (Å²) in [6.45, 7) is 4.99. The molecule has 12 heteroatoms. The number of nitrogens with one attached hydrogen (secondary N) is 2. The van der Waals surface area contributed by atoms with Crippen LogP contribution < -0.4 is 15.5 Å². The zero-order valence-corrected chi connectivity index (χ0v) is 23.0. The van der Waals surface area contributed by atoms with Crippen LogP contribution in [0.2, 0.25) is 0 Å². The van der Waals surface area contributed by atoms with Gasteiger partial charge in [-0.25, -0.2) is 27.2 Å². The number of carbonyl (C=O) groups excluding carboxylic acids is 1. The van der Waals surface area contributed by atoms with Crippen molar-refractivity contribution in [1.82, 2.24) is 9.97 Å². The average Bonchev–Trinajstić information content (AvgIpc) is 3.54. The molecule has 2 heterocycles. The van der Waals surface area contributed by atoms with Crippen molar-refractivity contribution in [2.45, 2.75) is 80.4 Å². The molecule has 3 aliphatic rings. The molecule has 9 nitrogen and oxygen atoms in total. The van der Waals surface area contributed by atoms with E-state index < -0.39 is 45.3 Å². The van der Waals surface area contributed by atoms with Gasteiger partial charge in [0.15, 0.2) is 21.3 Å². The molecule has 1 aliphatic heterocycles. The number of aliphatic hydroxyl groups is 1. The minimum atomic E-state index is -3.98. The number of benzene rings is 1. The number of halogens is 2. The Morgan fingerprint density at radius 1 is 1.18 bits per heavy atom. The molecular weight excluding hydrogens is 528 g/mol. The highest BCUT2D eigenvalue weighted by atomic mass is 32.2. The molecule has 1 atom stereocenters. The molecule has 212 valence electrons. The number of anilines is 3. The normalized spacial score (nSPS) is 22.1. The van der Waals surface area contributed by atoms with Gasteiger partial charge in [-0.15, -0.1) is 0 Å². The highest BCUT2D eigenvalue weighted by Gasteiger charge is 2.46. The molecule has 1 saturated heterocycles. The molecule has 1 unspecified atom stereocenters. The Morgan fingerprint density at radius 3 is 2.51 bits per heavy atom. The van der Waals surface area contributed by atoms with Crippen molar-refractivity contribution < 1.29 is 27.1 Å². The molecule has 3 fully saturated rings. The van der Waals surface area contributed by atoms with Gasteiger partial charge in [-0.2, -0.15) is 0 Å². The summed E-state index contributed by atoms with van der Waals surface area (Å²) >= 11 is 0. The third-order valence-corrected chi connectivity index (χ3v) is 10.3. The van der Waals surface area contributed by atoms with Crippen LogP contribution >= 0.6 is 0 Å². The Balaban J connectivity index is 1.39. The summed E-state index contributed by atoms with van der Waals surface area (Å²) < 4.78 is 53.5. The van der Waals surface area contributed by atoms with Crippen LogP contribution in [0.15, 0.2) is 35.4 Å². The monoisotopic (exact) mass is 563 g/mol. The number of sulfone groups is 1. The molecule has 3 N–H and O–H groups in total. The maximum atomic E-state index is 13.7. The topological polar surface area (TPSA) is 125 Å². The molecule has 0 radical (unpaired) electrons. The fourth-order valence-electron chi connectivity index (χ4n) is 5.38. The van der Waals surface area contributed by atoms with Crippen LogP contribution in [-0.2, 0) is 9.84 Å². The van der Waals surface area contributed by atoms with Gasteiger partial charge in [0.05, 0.1) is 28.5 Å². The van der Waals surface area contributed by atoms with E-state index in [0.717, 1.165) is 25.9 Å². The first kappa shape index (κ1) is 27.7. The lowest BCUT2D eigenvalue weighted by atomic mass is 9.93. The zero-order valence-electron chi connectivity index (χ0n) is 22.2. The van der Waals surface area contributed by atoms with Crippen LogP contribution in [0.4, 0.5) is 26.1 Å². The van der Waals surface area contributed by atoms with Crippen molar-refractivity contribution in [1.29, 1.82) is 0 Å². The predicted octanol–water partition coefficient (Wildman–Crippen LogP) is 4.25. The quantitative estimate of drug-likeness (QED) is 0.435. The van der Waals surface area contributed by atoms with Crippen molar-refractivity contribution in [2.24, 2.45) is 5.41 Å². The Labute approximate surface area is 227 Å². The van der Waals surface area contributed by atoms with Crippen molar-refractivity contribution in [3.8, 4) is 0 Å². The molecule has 2 aromatic rings. The molecule has 0 bridgehead atoms. The lowest BCUT2D eigenvalue weighted by Gasteiger charge is -2.34. The lowest BCUT2D eigenvalue weighted by molar-refractivity contribution is 0.00955. The fraction of sp³-hybridized carbons (Fsp3) is 0.593. The summed E-state index contributed by atoms with van der Waals surface area (Å²) in [6, 6.07) is 5.68. The second-order valence-corrected chi connectivity index (χ2v) is 14.1. The molecule has 5 rings (SSSR count). The minimum absolute atomic E-state index is 0.0952. The Bertz CT molecular complexity index is 1350. The average molecular weight is 564 g/mol. The number of amides is 1. The number of aromatic nitrogens is 2. The van der Waals surface area contributed by atoms with Gasteiger partial charge in [-0.1, -0.05) is 6.07 Å². The van der Waals surface area contributed by atoms with E-state index in [1.807, 2.05) is 18.7 Å². The second-order valence-electron chi connectivity index (χ2n) is 11.8. The summed E-state index contributed by atoms with van der Waals surface area (Å²) in [6.07, 6.45) is 4.65. The smallest absolute Gasteiger partial charge is 0.278 e.